The van der Waals surface area contributed by atoms with Crippen molar-refractivity contribution < 1.29 is 9.18 Å². The van der Waals surface area contributed by atoms with Gasteiger partial charge in [0.1, 0.15) is 5.82 Å². The van der Waals surface area contributed by atoms with E-state index >= 15 is 0 Å². The summed E-state index contributed by atoms with van der Waals surface area (Å²) in [4.78, 5) is 19.9. The first-order valence-electron chi connectivity index (χ1n) is 9.36. The Bertz CT molecular complexity index is 1100. The highest BCUT2D eigenvalue weighted by Crippen LogP contribution is 2.28. The summed E-state index contributed by atoms with van der Waals surface area (Å²) in [5.41, 5.74) is 2.38. The molecule has 4 heterocycles. The fourth-order valence-corrected chi connectivity index (χ4v) is 5.03. The van der Waals surface area contributed by atoms with Crippen molar-refractivity contribution in [2.24, 2.45) is 0 Å². The summed E-state index contributed by atoms with van der Waals surface area (Å²) in [6.07, 6.45) is 3.65. The fraction of sp³-hybridized carbons (Fsp3) is 0.250. The normalized spacial score (nSPS) is 15.1. The van der Waals surface area contributed by atoms with Crippen molar-refractivity contribution in [2.75, 3.05) is 18.0 Å². The number of benzene rings is 1. The molecule has 1 fully saturated rings. The molecule has 1 aromatic carbocycles. The maximum atomic E-state index is 13.1. The van der Waals surface area contributed by atoms with E-state index in [9.17, 15) is 9.18 Å². The number of anilines is 1. The van der Waals surface area contributed by atoms with E-state index in [2.05, 4.69) is 20.3 Å². The molecule has 0 unspecified atom stereocenters. The Balaban J connectivity index is 1.23. The summed E-state index contributed by atoms with van der Waals surface area (Å²) in [5.74, 6) is -0.254. The van der Waals surface area contributed by atoms with E-state index in [0.29, 0.717) is 0 Å². The number of rotatable bonds is 4. The maximum absolute atomic E-state index is 13.1. The topological polar surface area (TPSA) is 62.5 Å². The third-order valence-corrected chi connectivity index (χ3v) is 6.72. The molecule has 0 bridgehead atoms. The summed E-state index contributed by atoms with van der Waals surface area (Å²) in [5, 5.41) is 12.5. The maximum Gasteiger partial charge on any atom is 0.252 e. The number of thiophene rings is 1. The van der Waals surface area contributed by atoms with Gasteiger partial charge >= 0.3 is 0 Å². The molecular formula is C20H18FN5OS2. The van der Waals surface area contributed by atoms with Crippen LogP contribution in [-0.4, -0.2) is 39.6 Å². The first-order valence-corrected chi connectivity index (χ1v) is 11.1. The molecule has 1 aliphatic rings. The molecule has 148 valence electrons. The van der Waals surface area contributed by atoms with Gasteiger partial charge in [0.15, 0.2) is 0 Å². The molecule has 0 spiro atoms. The van der Waals surface area contributed by atoms with Gasteiger partial charge in [-0.2, -0.15) is 11.3 Å². The zero-order valence-corrected chi connectivity index (χ0v) is 17.0. The largest absolute Gasteiger partial charge is 0.349 e. The van der Waals surface area contributed by atoms with E-state index in [4.69, 9.17) is 0 Å². The van der Waals surface area contributed by atoms with Gasteiger partial charge in [-0.05, 0) is 48.6 Å². The van der Waals surface area contributed by atoms with Gasteiger partial charge in [-0.15, -0.1) is 5.10 Å². The highest BCUT2D eigenvalue weighted by molar-refractivity contribution is 7.20. The van der Waals surface area contributed by atoms with Gasteiger partial charge in [0.05, 0.1) is 11.9 Å². The zero-order chi connectivity index (χ0) is 19.8. The van der Waals surface area contributed by atoms with Crippen molar-refractivity contribution in [3.8, 4) is 11.3 Å². The molecule has 1 aliphatic heterocycles. The second-order valence-corrected chi connectivity index (χ2v) is 8.71. The van der Waals surface area contributed by atoms with Crippen LogP contribution in [-0.2, 0) is 0 Å². The smallest absolute Gasteiger partial charge is 0.252 e. The first-order chi connectivity index (χ1) is 14.2. The number of piperidine rings is 1. The number of carbonyl (C=O) groups is 1. The lowest BCUT2D eigenvalue weighted by molar-refractivity contribution is 0.0931. The van der Waals surface area contributed by atoms with Gasteiger partial charge in [0.2, 0.25) is 10.1 Å². The van der Waals surface area contributed by atoms with Gasteiger partial charge in [-0.3, -0.25) is 4.79 Å². The van der Waals surface area contributed by atoms with Crippen molar-refractivity contribution >= 4 is 38.7 Å². The Hall–Kier alpha value is -2.78. The number of imidazole rings is 1. The Morgan fingerprint density at radius 2 is 1.97 bits per heavy atom. The summed E-state index contributed by atoms with van der Waals surface area (Å²) in [7, 11) is 0. The Kier molecular flexibility index (Phi) is 4.76. The average molecular weight is 428 g/mol. The van der Waals surface area contributed by atoms with Gasteiger partial charge in [0.25, 0.3) is 5.91 Å². The van der Waals surface area contributed by atoms with Gasteiger partial charge in [0, 0.05) is 35.6 Å². The van der Waals surface area contributed by atoms with Crippen LogP contribution in [0.5, 0.6) is 0 Å². The highest BCUT2D eigenvalue weighted by atomic mass is 32.1. The van der Waals surface area contributed by atoms with Crippen LogP contribution < -0.4 is 10.2 Å². The molecule has 0 aliphatic carbocycles. The monoisotopic (exact) mass is 427 g/mol. The number of nitrogens with zero attached hydrogens (tertiary/aromatic N) is 4. The molecule has 1 saturated heterocycles. The third kappa shape index (κ3) is 3.75. The van der Waals surface area contributed by atoms with Crippen LogP contribution in [0.2, 0.25) is 0 Å². The lowest BCUT2D eigenvalue weighted by Crippen LogP contribution is -2.44. The Morgan fingerprint density at radius 3 is 2.66 bits per heavy atom. The molecule has 1 N–H and O–H groups in total. The van der Waals surface area contributed by atoms with Crippen molar-refractivity contribution in [1.82, 2.24) is 19.9 Å². The average Bonchev–Trinajstić information content (AvgIpc) is 3.46. The van der Waals surface area contributed by atoms with Gasteiger partial charge < -0.3 is 10.2 Å². The number of hydrogen-bond acceptors (Lipinski definition) is 6. The van der Waals surface area contributed by atoms with Crippen LogP contribution in [0.25, 0.3) is 16.2 Å². The number of amides is 1. The molecule has 0 radical (unpaired) electrons. The molecule has 6 nitrogen and oxygen atoms in total. The van der Waals surface area contributed by atoms with Crippen LogP contribution in [0.3, 0.4) is 0 Å². The predicted octanol–water partition coefficient (Wildman–Crippen LogP) is 4.06. The molecule has 3 aromatic heterocycles. The third-order valence-electron chi connectivity index (χ3n) is 5.06. The van der Waals surface area contributed by atoms with Crippen molar-refractivity contribution in [3.63, 3.8) is 0 Å². The second-order valence-electron chi connectivity index (χ2n) is 6.99. The molecule has 29 heavy (non-hydrogen) atoms. The SMILES string of the molecule is O=C(NC1CCN(c2nn3cc(-c4ccc(F)cc4)nc3s2)CC1)c1ccsc1. The first kappa shape index (κ1) is 18.3. The van der Waals surface area contributed by atoms with Gasteiger partial charge in [-0.1, -0.05) is 11.3 Å². The van der Waals surface area contributed by atoms with Crippen LogP contribution >= 0.6 is 22.7 Å². The minimum Gasteiger partial charge on any atom is -0.349 e. The van der Waals surface area contributed by atoms with E-state index in [1.807, 2.05) is 23.0 Å². The lowest BCUT2D eigenvalue weighted by Gasteiger charge is -2.31. The lowest BCUT2D eigenvalue weighted by atomic mass is 10.1. The minimum atomic E-state index is -0.259. The van der Waals surface area contributed by atoms with Crippen LogP contribution in [0.1, 0.15) is 23.2 Å². The highest BCUT2D eigenvalue weighted by Gasteiger charge is 2.24. The number of carbonyl (C=O) groups excluding carboxylic acids is 1. The molecule has 4 aromatic rings. The minimum absolute atomic E-state index is 0.00532. The van der Waals surface area contributed by atoms with Crippen LogP contribution in [0, 0.1) is 5.82 Å². The number of hydrogen-bond donors (Lipinski definition) is 1. The summed E-state index contributed by atoms with van der Waals surface area (Å²) in [6, 6.07) is 8.34. The Morgan fingerprint density at radius 1 is 1.17 bits per heavy atom. The quantitative estimate of drug-likeness (QED) is 0.534. The molecule has 0 saturated carbocycles. The number of nitrogens with one attached hydrogen (secondary N) is 1. The van der Waals surface area contributed by atoms with E-state index in [1.165, 1.54) is 23.5 Å². The predicted molar refractivity (Wildman–Crippen MR) is 113 cm³/mol. The number of halogens is 1. The second kappa shape index (κ2) is 7.57. The molecule has 9 heteroatoms. The van der Waals surface area contributed by atoms with E-state index < -0.39 is 0 Å². The fourth-order valence-electron chi connectivity index (χ4n) is 3.45. The van der Waals surface area contributed by atoms with E-state index in [-0.39, 0.29) is 17.8 Å². The summed E-state index contributed by atoms with van der Waals surface area (Å²) >= 11 is 3.07. The number of aromatic nitrogens is 3. The summed E-state index contributed by atoms with van der Waals surface area (Å²) in [6.45, 7) is 1.69. The molecule has 0 atom stereocenters. The zero-order valence-electron chi connectivity index (χ0n) is 15.4. The molecule has 5 rings (SSSR count). The Labute approximate surface area is 174 Å². The van der Waals surface area contributed by atoms with Crippen molar-refractivity contribution in [3.05, 3.63) is 58.7 Å². The van der Waals surface area contributed by atoms with E-state index in [1.54, 1.807) is 28.0 Å². The van der Waals surface area contributed by atoms with Gasteiger partial charge in [-0.25, -0.2) is 13.9 Å². The standard InChI is InChI=1S/C20H18FN5OS2/c21-15-3-1-13(2-4-15)17-11-26-19(23-17)29-20(24-26)25-8-5-16(6-9-25)22-18(27)14-7-10-28-12-14/h1-4,7,10-12,16H,5-6,8-9H2,(H,22,27). The van der Waals surface area contributed by atoms with Crippen molar-refractivity contribution in [1.29, 1.82) is 0 Å². The number of fused-ring (bicyclic) bond motifs is 1. The molecular weight excluding hydrogens is 409 g/mol. The van der Waals surface area contributed by atoms with E-state index in [0.717, 1.165) is 52.8 Å². The van der Waals surface area contributed by atoms with Crippen LogP contribution in [0.4, 0.5) is 9.52 Å². The molecule has 1 amide bonds. The van der Waals surface area contributed by atoms with Crippen LogP contribution in [0.15, 0.2) is 47.3 Å². The van der Waals surface area contributed by atoms with Crippen molar-refractivity contribution in [2.45, 2.75) is 18.9 Å². The summed E-state index contributed by atoms with van der Waals surface area (Å²) < 4.78 is 14.9.